The number of amides is 1. The third kappa shape index (κ3) is 4.59. The van der Waals surface area contributed by atoms with Gasteiger partial charge in [-0.15, -0.1) is 0 Å². The van der Waals surface area contributed by atoms with Gasteiger partial charge in [0, 0.05) is 48.9 Å². The van der Waals surface area contributed by atoms with Crippen molar-refractivity contribution in [3.63, 3.8) is 0 Å². The van der Waals surface area contributed by atoms with E-state index in [0.29, 0.717) is 31.1 Å². The highest BCUT2D eigenvalue weighted by molar-refractivity contribution is 5.77. The molecule has 8 heteroatoms. The number of aryl methyl sites for hydroxylation is 1. The highest BCUT2D eigenvalue weighted by Crippen LogP contribution is 2.32. The Bertz CT molecular complexity index is 1000. The van der Waals surface area contributed by atoms with Gasteiger partial charge in [-0.05, 0) is 43.2 Å². The summed E-state index contributed by atoms with van der Waals surface area (Å²) in [6.07, 6.45) is 6.10. The van der Waals surface area contributed by atoms with E-state index >= 15 is 0 Å². The standard InChI is InChI=1S/C22H24N4O4/c1-28-18-7-8-19(29-2)16(12-18)14-26(17-5-6-17)21(27)10-9-20-24-22(25-30-20)15-4-3-11-23-13-15/h3-4,7-8,11-13,17H,5-6,9-10,14H2,1-2H3. The second-order valence-corrected chi connectivity index (χ2v) is 7.18. The minimum absolute atomic E-state index is 0.0588. The molecule has 0 N–H and O–H groups in total. The lowest BCUT2D eigenvalue weighted by Crippen LogP contribution is -2.33. The number of nitrogens with zero attached hydrogens (tertiary/aromatic N) is 4. The SMILES string of the molecule is COc1ccc(OC)c(CN(C(=O)CCc2nc(-c3cccnc3)no2)C2CC2)c1. The second-order valence-electron chi connectivity index (χ2n) is 7.18. The normalized spacial score (nSPS) is 13.1. The third-order valence-corrected chi connectivity index (χ3v) is 5.08. The molecule has 8 nitrogen and oxygen atoms in total. The number of aromatic nitrogens is 3. The van der Waals surface area contributed by atoms with Crippen molar-refractivity contribution >= 4 is 5.91 Å². The van der Waals surface area contributed by atoms with E-state index in [2.05, 4.69) is 15.1 Å². The van der Waals surface area contributed by atoms with Crippen LogP contribution in [-0.4, -0.2) is 46.2 Å². The first-order valence-corrected chi connectivity index (χ1v) is 9.91. The van der Waals surface area contributed by atoms with Gasteiger partial charge in [-0.1, -0.05) is 5.16 Å². The highest BCUT2D eigenvalue weighted by Gasteiger charge is 2.33. The van der Waals surface area contributed by atoms with Gasteiger partial charge in [-0.3, -0.25) is 9.78 Å². The Balaban J connectivity index is 1.42. The van der Waals surface area contributed by atoms with E-state index in [1.807, 2.05) is 35.2 Å². The van der Waals surface area contributed by atoms with Crippen LogP contribution in [0.3, 0.4) is 0 Å². The number of methoxy groups -OCH3 is 2. The van der Waals surface area contributed by atoms with Crippen molar-refractivity contribution in [1.82, 2.24) is 20.0 Å². The van der Waals surface area contributed by atoms with Gasteiger partial charge >= 0.3 is 0 Å². The van der Waals surface area contributed by atoms with Crippen molar-refractivity contribution in [2.45, 2.75) is 38.3 Å². The first-order chi connectivity index (χ1) is 14.7. The molecule has 0 saturated heterocycles. The van der Waals surface area contributed by atoms with Gasteiger partial charge in [0.15, 0.2) is 0 Å². The summed E-state index contributed by atoms with van der Waals surface area (Å²) < 4.78 is 16.1. The molecule has 0 unspecified atom stereocenters. The minimum atomic E-state index is 0.0588. The largest absolute Gasteiger partial charge is 0.497 e. The minimum Gasteiger partial charge on any atom is -0.497 e. The molecule has 1 amide bonds. The molecule has 0 bridgehead atoms. The molecule has 1 saturated carbocycles. The summed E-state index contributed by atoms with van der Waals surface area (Å²) in [6.45, 7) is 0.481. The fourth-order valence-electron chi connectivity index (χ4n) is 3.32. The monoisotopic (exact) mass is 408 g/mol. The van der Waals surface area contributed by atoms with E-state index in [1.165, 1.54) is 0 Å². The summed E-state index contributed by atoms with van der Waals surface area (Å²) >= 11 is 0. The number of hydrogen-bond acceptors (Lipinski definition) is 7. The number of ether oxygens (including phenoxy) is 2. The molecule has 0 aliphatic heterocycles. The predicted octanol–water partition coefficient (Wildman–Crippen LogP) is 3.27. The molecule has 156 valence electrons. The Labute approximate surface area is 174 Å². The summed E-state index contributed by atoms with van der Waals surface area (Å²) in [5.74, 6) is 2.46. The van der Waals surface area contributed by atoms with Gasteiger partial charge in [0.1, 0.15) is 11.5 Å². The van der Waals surface area contributed by atoms with E-state index in [0.717, 1.165) is 35.5 Å². The van der Waals surface area contributed by atoms with Gasteiger partial charge in [-0.25, -0.2) is 0 Å². The molecule has 2 heterocycles. The number of carbonyl (C=O) groups is 1. The molecule has 0 radical (unpaired) electrons. The lowest BCUT2D eigenvalue weighted by atomic mass is 10.1. The second kappa shape index (κ2) is 8.94. The number of rotatable bonds is 9. The zero-order valence-corrected chi connectivity index (χ0v) is 17.1. The van der Waals surface area contributed by atoms with Crippen LogP contribution < -0.4 is 9.47 Å². The number of benzene rings is 1. The molecular weight excluding hydrogens is 384 g/mol. The maximum atomic E-state index is 13.0. The molecule has 1 fully saturated rings. The van der Waals surface area contributed by atoms with Gasteiger partial charge < -0.3 is 18.9 Å². The molecule has 1 aliphatic rings. The topological polar surface area (TPSA) is 90.6 Å². The predicted molar refractivity (Wildman–Crippen MR) is 109 cm³/mol. The summed E-state index contributed by atoms with van der Waals surface area (Å²) in [5.41, 5.74) is 1.71. The molecule has 1 aliphatic carbocycles. The molecule has 4 rings (SSSR count). The zero-order chi connectivity index (χ0) is 20.9. The van der Waals surface area contributed by atoms with Crippen LogP contribution in [0.15, 0.2) is 47.2 Å². The summed E-state index contributed by atoms with van der Waals surface area (Å²) in [7, 11) is 3.25. The first-order valence-electron chi connectivity index (χ1n) is 9.91. The Morgan fingerprint density at radius 1 is 1.23 bits per heavy atom. The first kappa shape index (κ1) is 19.9. The van der Waals surface area contributed by atoms with E-state index in [-0.39, 0.29) is 11.9 Å². The van der Waals surface area contributed by atoms with Crippen LogP contribution in [0.5, 0.6) is 11.5 Å². The van der Waals surface area contributed by atoms with Crippen LogP contribution in [0.2, 0.25) is 0 Å². The number of carbonyl (C=O) groups excluding carboxylic acids is 1. The Kier molecular flexibility index (Phi) is 5.92. The maximum Gasteiger partial charge on any atom is 0.227 e. The van der Waals surface area contributed by atoms with E-state index < -0.39 is 0 Å². The Morgan fingerprint density at radius 3 is 2.80 bits per heavy atom. The fraction of sp³-hybridized carbons (Fsp3) is 0.364. The van der Waals surface area contributed by atoms with Crippen molar-refractivity contribution in [3.8, 4) is 22.9 Å². The van der Waals surface area contributed by atoms with Gasteiger partial charge in [-0.2, -0.15) is 4.98 Å². The lowest BCUT2D eigenvalue weighted by molar-refractivity contribution is -0.132. The third-order valence-electron chi connectivity index (χ3n) is 5.08. The van der Waals surface area contributed by atoms with Crippen LogP contribution in [0.4, 0.5) is 0 Å². The lowest BCUT2D eigenvalue weighted by Gasteiger charge is -2.23. The molecular formula is C22H24N4O4. The quantitative estimate of drug-likeness (QED) is 0.537. The van der Waals surface area contributed by atoms with Crippen LogP contribution >= 0.6 is 0 Å². The van der Waals surface area contributed by atoms with Crippen LogP contribution in [0, 0.1) is 0 Å². The van der Waals surface area contributed by atoms with Crippen LogP contribution in [0.25, 0.3) is 11.4 Å². The Hall–Kier alpha value is -3.42. The Morgan fingerprint density at radius 2 is 2.10 bits per heavy atom. The van der Waals surface area contributed by atoms with Crippen molar-refractivity contribution in [3.05, 3.63) is 54.2 Å². The van der Waals surface area contributed by atoms with Gasteiger partial charge in [0.05, 0.1) is 14.2 Å². The molecule has 3 aromatic rings. The van der Waals surface area contributed by atoms with Gasteiger partial charge in [0.2, 0.25) is 17.6 Å². The van der Waals surface area contributed by atoms with E-state index in [1.54, 1.807) is 26.6 Å². The molecule has 1 aromatic carbocycles. The fourth-order valence-corrected chi connectivity index (χ4v) is 3.32. The zero-order valence-electron chi connectivity index (χ0n) is 17.1. The smallest absolute Gasteiger partial charge is 0.227 e. The molecule has 0 atom stereocenters. The molecule has 0 spiro atoms. The van der Waals surface area contributed by atoms with Crippen molar-refractivity contribution in [2.75, 3.05) is 14.2 Å². The average Bonchev–Trinajstić information content (AvgIpc) is 3.52. The summed E-state index contributed by atoms with van der Waals surface area (Å²) in [4.78, 5) is 23.3. The number of hydrogen-bond donors (Lipinski definition) is 0. The summed E-state index contributed by atoms with van der Waals surface area (Å²) in [5, 5.41) is 3.98. The van der Waals surface area contributed by atoms with Crippen molar-refractivity contribution in [2.24, 2.45) is 0 Å². The van der Waals surface area contributed by atoms with Crippen molar-refractivity contribution in [1.29, 1.82) is 0 Å². The molecule has 30 heavy (non-hydrogen) atoms. The highest BCUT2D eigenvalue weighted by atomic mass is 16.5. The van der Waals surface area contributed by atoms with Crippen LogP contribution in [-0.2, 0) is 17.8 Å². The summed E-state index contributed by atoms with van der Waals surface area (Å²) in [6, 6.07) is 9.57. The number of pyridine rings is 1. The maximum absolute atomic E-state index is 13.0. The van der Waals surface area contributed by atoms with Crippen molar-refractivity contribution < 1.29 is 18.8 Å². The average molecular weight is 408 g/mol. The molecule has 2 aromatic heterocycles. The van der Waals surface area contributed by atoms with Crippen LogP contribution in [0.1, 0.15) is 30.7 Å². The van der Waals surface area contributed by atoms with Gasteiger partial charge in [0.25, 0.3) is 0 Å². The van der Waals surface area contributed by atoms with E-state index in [9.17, 15) is 4.79 Å². The van der Waals surface area contributed by atoms with E-state index in [4.69, 9.17) is 14.0 Å².